The van der Waals surface area contributed by atoms with Crippen LogP contribution in [0.5, 0.6) is 0 Å². The highest BCUT2D eigenvalue weighted by molar-refractivity contribution is 6.12. The molecule has 2 aromatic carbocycles. The molecular weight excluding hydrogens is 186 g/mol. The average Bonchev–Trinajstić information content (AvgIpc) is 2.29. The number of nitrogens with zero attached hydrogens (tertiary/aromatic N) is 1. The summed E-state index contributed by atoms with van der Waals surface area (Å²) in [6.07, 6.45) is 0. The highest BCUT2D eigenvalue weighted by Crippen LogP contribution is 2.34. The van der Waals surface area contributed by atoms with Crippen LogP contribution in [0.1, 0.15) is 0 Å². The molecule has 0 atom stereocenters. The molecule has 0 unspecified atom stereocenters. The third kappa shape index (κ3) is 1.16. The van der Waals surface area contributed by atoms with Crippen molar-refractivity contribution in [1.82, 2.24) is 5.32 Å². The molecule has 0 radical (unpaired) electrons. The van der Waals surface area contributed by atoms with E-state index in [1.807, 2.05) is 25.2 Å². The minimum absolute atomic E-state index is 0.793. The van der Waals surface area contributed by atoms with Gasteiger partial charge in [0.25, 0.3) is 0 Å². The molecular formula is C12H11N3. The lowest BCUT2D eigenvalue weighted by Crippen LogP contribution is -2.28. The van der Waals surface area contributed by atoms with Crippen LogP contribution in [0.25, 0.3) is 10.8 Å². The first-order chi connectivity index (χ1) is 7.38. The van der Waals surface area contributed by atoms with E-state index >= 15 is 0 Å². The second kappa shape index (κ2) is 2.98. The van der Waals surface area contributed by atoms with Crippen LogP contribution < -0.4 is 10.6 Å². The molecule has 1 aliphatic rings. The van der Waals surface area contributed by atoms with E-state index in [0.717, 1.165) is 17.3 Å². The standard InChI is InChI=1S/C12H11N3/c1-13-12-14-9-6-2-4-8-5-3-7-10(15-12)11(8)9/h2-7H,1H3,(H2,13,14,15). The third-order valence-corrected chi connectivity index (χ3v) is 2.60. The second-order valence-corrected chi connectivity index (χ2v) is 3.52. The fourth-order valence-corrected chi connectivity index (χ4v) is 1.91. The Balaban J connectivity index is 2.38. The predicted octanol–water partition coefficient (Wildman–Crippen LogP) is 2.47. The van der Waals surface area contributed by atoms with Crippen LogP contribution in [0.2, 0.25) is 0 Å². The SMILES string of the molecule is CNC1=Nc2cccc3cccc(c23)N1. The zero-order valence-corrected chi connectivity index (χ0v) is 8.41. The predicted molar refractivity (Wildman–Crippen MR) is 63.7 cm³/mol. The number of aliphatic imine (C=N–C) groups is 1. The molecule has 0 amide bonds. The number of guanidine groups is 1. The molecule has 3 nitrogen and oxygen atoms in total. The smallest absolute Gasteiger partial charge is 0.200 e. The van der Waals surface area contributed by atoms with Gasteiger partial charge in [-0.3, -0.25) is 0 Å². The van der Waals surface area contributed by atoms with Gasteiger partial charge in [-0.05, 0) is 17.5 Å². The number of anilines is 1. The van der Waals surface area contributed by atoms with E-state index in [0.29, 0.717) is 0 Å². The lowest BCUT2D eigenvalue weighted by molar-refractivity contribution is 1.15. The van der Waals surface area contributed by atoms with Crippen molar-refractivity contribution in [3.05, 3.63) is 36.4 Å². The van der Waals surface area contributed by atoms with Gasteiger partial charge < -0.3 is 10.6 Å². The summed E-state index contributed by atoms with van der Waals surface area (Å²) in [5, 5.41) is 8.69. The number of hydrogen-bond acceptors (Lipinski definition) is 3. The first kappa shape index (κ1) is 8.29. The summed E-state index contributed by atoms with van der Waals surface area (Å²) < 4.78 is 0. The molecule has 0 aliphatic carbocycles. The summed E-state index contributed by atoms with van der Waals surface area (Å²) >= 11 is 0. The maximum atomic E-state index is 4.48. The van der Waals surface area contributed by atoms with Crippen LogP contribution in [0, 0.1) is 0 Å². The van der Waals surface area contributed by atoms with Gasteiger partial charge in [0.05, 0.1) is 11.4 Å². The molecule has 3 heteroatoms. The van der Waals surface area contributed by atoms with Crippen molar-refractivity contribution >= 4 is 28.1 Å². The van der Waals surface area contributed by atoms with Crippen molar-refractivity contribution in [2.45, 2.75) is 0 Å². The number of rotatable bonds is 0. The summed E-state index contributed by atoms with van der Waals surface area (Å²) in [4.78, 5) is 4.48. The molecule has 0 spiro atoms. The largest absolute Gasteiger partial charge is 0.359 e. The Morgan fingerprint density at radius 3 is 2.73 bits per heavy atom. The Hall–Kier alpha value is -2.03. The summed E-state index contributed by atoms with van der Waals surface area (Å²) in [5.74, 6) is 0.793. The van der Waals surface area contributed by atoms with E-state index in [4.69, 9.17) is 0 Å². The van der Waals surface area contributed by atoms with Crippen molar-refractivity contribution in [3.8, 4) is 0 Å². The van der Waals surface area contributed by atoms with Gasteiger partial charge in [-0.2, -0.15) is 0 Å². The van der Waals surface area contributed by atoms with Gasteiger partial charge in [-0.15, -0.1) is 0 Å². The monoisotopic (exact) mass is 197 g/mol. The van der Waals surface area contributed by atoms with Crippen molar-refractivity contribution < 1.29 is 0 Å². The summed E-state index contributed by atoms with van der Waals surface area (Å²) in [6.45, 7) is 0. The van der Waals surface area contributed by atoms with E-state index in [9.17, 15) is 0 Å². The molecule has 0 saturated carbocycles. The summed E-state index contributed by atoms with van der Waals surface area (Å²) in [6, 6.07) is 12.4. The quantitative estimate of drug-likeness (QED) is 0.680. The van der Waals surface area contributed by atoms with Crippen molar-refractivity contribution in [1.29, 1.82) is 0 Å². The Morgan fingerprint density at radius 1 is 1.13 bits per heavy atom. The van der Waals surface area contributed by atoms with E-state index in [2.05, 4.69) is 33.8 Å². The molecule has 3 rings (SSSR count). The highest BCUT2D eigenvalue weighted by Gasteiger charge is 2.12. The Kier molecular flexibility index (Phi) is 1.65. The van der Waals surface area contributed by atoms with E-state index in [1.54, 1.807) is 0 Å². The van der Waals surface area contributed by atoms with Gasteiger partial charge in [-0.1, -0.05) is 24.3 Å². The van der Waals surface area contributed by atoms with Crippen LogP contribution in [-0.4, -0.2) is 13.0 Å². The van der Waals surface area contributed by atoms with Gasteiger partial charge in [0, 0.05) is 12.4 Å². The van der Waals surface area contributed by atoms with Gasteiger partial charge >= 0.3 is 0 Å². The Bertz CT molecular complexity index is 553. The van der Waals surface area contributed by atoms with Gasteiger partial charge in [-0.25, -0.2) is 4.99 Å². The molecule has 2 N–H and O–H groups in total. The van der Waals surface area contributed by atoms with Crippen LogP contribution >= 0.6 is 0 Å². The minimum Gasteiger partial charge on any atom is -0.359 e. The average molecular weight is 197 g/mol. The topological polar surface area (TPSA) is 36.4 Å². The number of hydrogen-bond donors (Lipinski definition) is 2. The molecule has 0 saturated heterocycles. The van der Waals surface area contributed by atoms with E-state index < -0.39 is 0 Å². The molecule has 74 valence electrons. The van der Waals surface area contributed by atoms with Gasteiger partial charge in [0.1, 0.15) is 0 Å². The third-order valence-electron chi connectivity index (χ3n) is 2.60. The molecule has 1 aliphatic heterocycles. The zero-order valence-electron chi connectivity index (χ0n) is 8.41. The van der Waals surface area contributed by atoms with Gasteiger partial charge in [0.2, 0.25) is 5.96 Å². The fraction of sp³-hybridized carbons (Fsp3) is 0.0833. The maximum Gasteiger partial charge on any atom is 0.200 e. The lowest BCUT2D eigenvalue weighted by Gasteiger charge is -2.18. The number of nitrogens with one attached hydrogen (secondary N) is 2. The Morgan fingerprint density at radius 2 is 1.93 bits per heavy atom. The van der Waals surface area contributed by atoms with Crippen molar-refractivity contribution in [3.63, 3.8) is 0 Å². The summed E-state index contributed by atoms with van der Waals surface area (Å²) in [7, 11) is 1.86. The molecule has 15 heavy (non-hydrogen) atoms. The van der Waals surface area contributed by atoms with Gasteiger partial charge in [0.15, 0.2) is 0 Å². The van der Waals surface area contributed by atoms with Crippen molar-refractivity contribution in [2.75, 3.05) is 12.4 Å². The lowest BCUT2D eigenvalue weighted by atomic mass is 10.1. The second-order valence-electron chi connectivity index (χ2n) is 3.52. The number of benzene rings is 2. The molecule has 0 aromatic heterocycles. The normalized spacial score (nSPS) is 13.3. The molecule has 1 heterocycles. The Labute approximate surface area is 87.8 Å². The zero-order chi connectivity index (χ0) is 10.3. The van der Waals surface area contributed by atoms with Crippen LogP contribution in [0.4, 0.5) is 11.4 Å². The first-order valence-electron chi connectivity index (χ1n) is 4.94. The maximum absolute atomic E-state index is 4.48. The van der Waals surface area contributed by atoms with Crippen molar-refractivity contribution in [2.24, 2.45) is 4.99 Å². The molecule has 0 fully saturated rings. The molecule has 0 bridgehead atoms. The van der Waals surface area contributed by atoms with Crippen LogP contribution in [0.15, 0.2) is 41.4 Å². The van der Waals surface area contributed by atoms with E-state index in [1.165, 1.54) is 10.8 Å². The first-order valence-corrected chi connectivity index (χ1v) is 4.94. The molecule has 2 aromatic rings. The van der Waals surface area contributed by atoms with Crippen LogP contribution in [-0.2, 0) is 0 Å². The van der Waals surface area contributed by atoms with E-state index in [-0.39, 0.29) is 0 Å². The summed E-state index contributed by atoms with van der Waals surface area (Å²) in [5.41, 5.74) is 2.13. The highest BCUT2D eigenvalue weighted by atomic mass is 15.2. The van der Waals surface area contributed by atoms with Crippen LogP contribution in [0.3, 0.4) is 0 Å². The minimum atomic E-state index is 0.793. The fourth-order valence-electron chi connectivity index (χ4n) is 1.91.